The number of methoxy groups -OCH3 is 3. The second-order valence-corrected chi connectivity index (χ2v) is 8.87. The Labute approximate surface area is 205 Å². The lowest BCUT2D eigenvalue weighted by Crippen LogP contribution is -2.32. The summed E-state index contributed by atoms with van der Waals surface area (Å²) in [5, 5.41) is 6.80. The van der Waals surface area contributed by atoms with Crippen molar-refractivity contribution in [2.75, 3.05) is 26.6 Å². The Morgan fingerprint density at radius 1 is 0.971 bits per heavy atom. The molecule has 5 rings (SSSR count). The van der Waals surface area contributed by atoms with E-state index in [0.717, 1.165) is 28.8 Å². The number of carbonyl (C=O) groups is 1. The lowest BCUT2D eigenvalue weighted by atomic mass is 9.76. The van der Waals surface area contributed by atoms with Crippen molar-refractivity contribution < 1.29 is 19.0 Å². The van der Waals surface area contributed by atoms with Crippen molar-refractivity contribution in [2.45, 2.75) is 24.9 Å². The second-order valence-electron chi connectivity index (χ2n) is 8.87. The van der Waals surface area contributed by atoms with Crippen LogP contribution in [0.5, 0.6) is 17.2 Å². The molecule has 1 aliphatic heterocycles. The van der Waals surface area contributed by atoms with Crippen LogP contribution in [0.2, 0.25) is 0 Å². The number of allylic oxidation sites excluding steroid dienone is 2. The van der Waals surface area contributed by atoms with Gasteiger partial charge in [-0.25, -0.2) is 0 Å². The summed E-state index contributed by atoms with van der Waals surface area (Å²) in [7, 11) is 4.85. The molecule has 0 fully saturated rings. The smallest absolute Gasteiger partial charge is 0.253 e. The second kappa shape index (κ2) is 9.74. The lowest BCUT2D eigenvalue weighted by Gasteiger charge is -2.38. The third-order valence-electron chi connectivity index (χ3n) is 6.98. The van der Waals surface area contributed by atoms with Gasteiger partial charge in [0.05, 0.1) is 38.6 Å². The van der Waals surface area contributed by atoms with E-state index in [4.69, 9.17) is 14.2 Å². The fraction of sp³-hybridized carbons (Fsp3) is 0.276. The van der Waals surface area contributed by atoms with Crippen LogP contribution < -0.4 is 24.8 Å². The molecule has 1 amide bonds. The normalized spacial score (nSPS) is 19.8. The van der Waals surface area contributed by atoms with Crippen LogP contribution in [0.1, 0.15) is 45.4 Å². The molecule has 1 heterocycles. The fourth-order valence-corrected chi connectivity index (χ4v) is 5.30. The van der Waals surface area contributed by atoms with E-state index in [1.54, 1.807) is 21.3 Å². The molecule has 180 valence electrons. The van der Waals surface area contributed by atoms with Gasteiger partial charge in [-0.05, 0) is 47.2 Å². The number of hydrogen-bond acceptors (Lipinski definition) is 5. The lowest BCUT2D eigenvalue weighted by molar-refractivity contribution is 0.0951. The van der Waals surface area contributed by atoms with Crippen molar-refractivity contribution in [3.63, 3.8) is 0 Å². The van der Waals surface area contributed by atoms with Crippen molar-refractivity contribution in [2.24, 2.45) is 5.92 Å². The Bertz CT molecular complexity index is 1230. The third-order valence-corrected chi connectivity index (χ3v) is 6.98. The first-order chi connectivity index (χ1) is 17.1. The molecule has 6 heteroatoms. The van der Waals surface area contributed by atoms with E-state index in [9.17, 15) is 4.79 Å². The molecule has 35 heavy (non-hydrogen) atoms. The summed E-state index contributed by atoms with van der Waals surface area (Å²) in [6.07, 6.45) is 5.45. The average Bonchev–Trinajstić information content (AvgIpc) is 3.41. The highest BCUT2D eigenvalue weighted by Gasteiger charge is 2.40. The van der Waals surface area contributed by atoms with Crippen LogP contribution >= 0.6 is 0 Å². The summed E-state index contributed by atoms with van der Waals surface area (Å²) in [6, 6.07) is 19.9. The van der Waals surface area contributed by atoms with Gasteiger partial charge in [0.2, 0.25) is 5.75 Å². The van der Waals surface area contributed by atoms with Gasteiger partial charge in [-0.3, -0.25) is 4.79 Å². The molecule has 3 atom stereocenters. The zero-order valence-corrected chi connectivity index (χ0v) is 20.2. The number of fused-ring (bicyclic) bond motifs is 3. The minimum absolute atomic E-state index is 0.0284. The van der Waals surface area contributed by atoms with Crippen LogP contribution in [0.4, 0.5) is 5.69 Å². The molecule has 0 radical (unpaired) electrons. The Balaban J connectivity index is 1.51. The van der Waals surface area contributed by atoms with E-state index in [-0.39, 0.29) is 17.9 Å². The Kier molecular flexibility index (Phi) is 6.36. The highest BCUT2D eigenvalue weighted by molar-refractivity contribution is 6.00. The first-order valence-electron chi connectivity index (χ1n) is 11.8. The van der Waals surface area contributed by atoms with Crippen molar-refractivity contribution in [3.8, 4) is 17.2 Å². The van der Waals surface area contributed by atoms with Gasteiger partial charge in [-0.15, -0.1) is 0 Å². The number of amides is 1. The molecule has 2 aliphatic rings. The third kappa shape index (κ3) is 4.20. The first kappa shape index (κ1) is 22.8. The minimum atomic E-state index is -0.0951. The largest absolute Gasteiger partial charge is 0.493 e. The maximum Gasteiger partial charge on any atom is 0.253 e. The highest BCUT2D eigenvalue weighted by Crippen LogP contribution is 2.52. The minimum Gasteiger partial charge on any atom is -0.493 e. The van der Waals surface area contributed by atoms with Crippen LogP contribution in [-0.4, -0.2) is 27.2 Å². The van der Waals surface area contributed by atoms with E-state index in [0.29, 0.717) is 35.3 Å². The number of anilines is 1. The van der Waals surface area contributed by atoms with Crippen LogP contribution in [0.15, 0.2) is 72.8 Å². The van der Waals surface area contributed by atoms with Gasteiger partial charge >= 0.3 is 0 Å². The molecule has 3 aromatic carbocycles. The number of benzene rings is 3. The fourth-order valence-electron chi connectivity index (χ4n) is 5.30. The van der Waals surface area contributed by atoms with E-state index in [1.807, 2.05) is 54.6 Å². The predicted octanol–water partition coefficient (Wildman–Crippen LogP) is 5.47. The molecule has 0 saturated heterocycles. The molecule has 2 N–H and O–H groups in total. The van der Waals surface area contributed by atoms with Crippen LogP contribution in [0.3, 0.4) is 0 Å². The quantitative estimate of drug-likeness (QED) is 0.448. The summed E-state index contributed by atoms with van der Waals surface area (Å²) in [5.41, 5.74) is 4.77. The van der Waals surface area contributed by atoms with Gasteiger partial charge in [0.25, 0.3) is 5.91 Å². The van der Waals surface area contributed by atoms with Gasteiger partial charge in [0.1, 0.15) is 0 Å². The van der Waals surface area contributed by atoms with Gasteiger partial charge in [-0.2, -0.15) is 0 Å². The summed E-state index contributed by atoms with van der Waals surface area (Å²) in [6.45, 7) is 0.478. The number of ether oxygens (including phenoxy) is 3. The standard InChI is InChI=1S/C29H30N2O4/c1-33-24-15-19(16-25(34-2)28(24)35-3)26-21-12-7-11-20(21)22-13-8-14-23(27(22)31-26)29(32)30-17-18-9-5-4-6-10-18/h4-11,13-16,20-21,26,31H,12,17H2,1-3H3,(H,30,32). The average molecular weight is 471 g/mol. The van der Waals surface area contributed by atoms with Crippen molar-refractivity contribution in [3.05, 3.63) is 95.1 Å². The SMILES string of the molecule is COc1cc(C2Nc3c(C(=O)NCc4ccccc4)cccc3C3C=CCC32)cc(OC)c1OC. The first-order valence-corrected chi connectivity index (χ1v) is 11.8. The molecule has 6 nitrogen and oxygen atoms in total. The van der Waals surface area contributed by atoms with E-state index >= 15 is 0 Å². The molecule has 0 saturated carbocycles. The number of nitrogens with one attached hydrogen (secondary N) is 2. The van der Waals surface area contributed by atoms with Gasteiger partial charge in [-0.1, -0.05) is 54.6 Å². The van der Waals surface area contributed by atoms with E-state index < -0.39 is 0 Å². The summed E-state index contributed by atoms with van der Waals surface area (Å²) in [5.74, 6) is 2.24. The van der Waals surface area contributed by atoms with E-state index in [2.05, 4.69) is 28.9 Å². The van der Waals surface area contributed by atoms with Crippen molar-refractivity contribution >= 4 is 11.6 Å². The molecular formula is C29H30N2O4. The van der Waals surface area contributed by atoms with E-state index in [1.165, 1.54) is 0 Å². The summed E-state index contributed by atoms with van der Waals surface area (Å²) in [4.78, 5) is 13.3. The maximum absolute atomic E-state index is 13.3. The van der Waals surface area contributed by atoms with Gasteiger partial charge in [0, 0.05) is 12.5 Å². The van der Waals surface area contributed by atoms with Crippen LogP contribution in [0, 0.1) is 5.92 Å². The number of para-hydroxylation sites is 1. The Morgan fingerprint density at radius 3 is 2.40 bits per heavy atom. The monoisotopic (exact) mass is 470 g/mol. The van der Waals surface area contributed by atoms with Crippen LogP contribution in [-0.2, 0) is 6.54 Å². The zero-order valence-electron chi connectivity index (χ0n) is 20.2. The highest BCUT2D eigenvalue weighted by atomic mass is 16.5. The summed E-state index contributed by atoms with van der Waals surface area (Å²) >= 11 is 0. The summed E-state index contributed by atoms with van der Waals surface area (Å²) < 4.78 is 16.8. The molecule has 3 aromatic rings. The number of carbonyl (C=O) groups excluding carboxylic acids is 1. The molecule has 0 bridgehead atoms. The predicted molar refractivity (Wildman–Crippen MR) is 137 cm³/mol. The Hall–Kier alpha value is -3.93. The number of rotatable bonds is 7. The molecular weight excluding hydrogens is 440 g/mol. The van der Waals surface area contributed by atoms with Gasteiger partial charge in [0.15, 0.2) is 11.5 Å². The number of hydrogen-bond donors (Lipinski definition) is 2. The zero-order chi connectivity index (χ0) is 24.4. The van der Waals surface area contributed by atoms with Crippen LogP contribution in [0.25, 0.3) is 0 Å². The Morgan fingerprint density at radius 2 is 1.71 bits per heavy atom. The molecule has 3 unspecified atom stereocenters. The topological polar surface area (TPSA) is 68.8 Å². The van der Waals surface area contributed by atoms with Gasteiger partial charge < -0.3 is 24.8 Å². The molecule has 0 spiro atoms. The van der Waals surface area contributed by atoms with Crippen molar-refractivity contribution in [1.29, 1.82) is 0 Å². The molecule has 1 aliphatic carbocycles. The molecule has 0 aromatic heterocycles. The van der Waals surface area contributed by atoms with Crippen molar-refractivity contribution in [1.82, 2.24) is 5.32 Å². The maximum atomic E-state index is 13.3.